The number of nitrogens with one attached hydrogen (secondary N) is 1. The molecular weight excluding hydrogens is 274 g/mol. The smallest absolute Gasteiger partial charge is 0.352 e. The zero-order valence-corrected chi connectivity index (χ0v) is 11.9. The highest BCUT2D eigenvalue weighted by atomic mass is 16.5. The van der Waals surface area contributed by atoms with Gasteiger partial charge < -0.3 is 19.9 Å². The number of benzene rings is 1. The van der Waals surface area contributed by atoms with E-state index in [-0.39, 0.29) is 5.70 Å². The Morgan fingerprint density at radius 1 is 1.38 bits per heavy atom. The Morgan fingerprint density at radius 2 is 2.10 bits per heavy atom. The Hall–Kier alpha value is -2.76. The van der Waals surface area contributed by atoms with Crippen molar-refractivity contribution in [2.45, 2.75) is 6.92 Å². The van der Waals surface area contributed by atoms with Gasteiger partial charge in [0.05, 0.1) is 7.11 Å². The minimum Gasteiger partial charge on any atom is -0.493 e. The fourth-order valence-electron chi connectivity index (χ4n) is 1.55. The van der Waals surface area contributed by atoms with E-state index in [1.54, 1.807) is 24.3 Å². The summed E-state index contributed by atoms with van der Waals surface area (Å²) in [4.78, 5) is 22.1. The Labute approximate surface area is 122 Å². The topological polar surface area (TPSA) is 84.9 Å². The predicted octanol–water partition coefficient (Wildman–Crippen LogP) is 1.82. The highest BCUT2D eigenvalue weighted by Crippen LogP contribution is 2.28. The molecule has 0 aliphatic rings. The normalized spacial score (nSPS) is 10.7. The number of aliphatic carboxylic acids is 1. The van der Waals surface area contributed by atoms with Crippen molar-refractivity contribution in [2.24, 2.45) is 0 Å². The molecule has 0 atom stereocenters. The lowest BCUT2D eigenvalue weighted by Gasteiger charge is -2.10. The molecule has 6 nitrogen and oxygen atoms in total. The van der Waals surface area contributed by atoms with Crippen LogP contribution in [0.25, 0.3) is 6.08 Å². The molecule has 0 aromatic heterocycles. The molecular formula is C15H17NO5. The zero-order chi connectivity index (χ0) is 15.8. The van der Waals surface area contributed by atoms with Crippen LogP contribution in [0.2, 0.25) is 0 Å². The van der Waals surface area contributed by atoms with Crippen LogP contribution < -0.4 is 14.8 Å². The van der Waals surface area contributed by atoms with Gasteiger partial charge in [-0.3, -0.25) is 4.79 Å². The van der Waals surface area contributed by atoms with Crippen LogP contribution in [0.3, 0.4) is 0 Å². The molecule has 2 N–H and O–H groups in total. The van der Waals surface area contributed by atoms with Gasteiger partial charge in [-0.25, -0.2) is 4.79 Å². The molecule has 0 spiro atoms. The molecule has 112 valence electrons. The van der Waals surface area contributed by atoms with Gasteiger partial charge in [-0.15, -0.1) is 0 Å². The second-order valence-electron chi connectivity index (χ2n) is 4.05. The highest BCUT2D eigenvalue weighted by Gasteiger charge is 2.10. The van der Waals surface area contributed by atoms with Gasteiger partial charge in [0.2, 0.25) is 5.91 Å². The third kappa shape index (κ3) is 5.02. The standard InChI is InChI=1S/C15H17NO5/c1-4-7-21-14-9-11(5-6-13(14)20-3)8-12(15(18)19)16-10(2)17/h4-6,8-9H,1,7H2,2-3H3,(H,16,17)(H,18,19). The summed E-state index contributed by atoms with van der Waals surface area (Å²) in [5.41, 5.74) is 0.336. The fourth-order valence-corrected chi connectivity index (χ4v) is 1.55. The molecule has 0 unspecified atom stereocenters. The largest absolute Gasteiger partial charge is 0.493 e. The van der Waals surface area contributed by atoms with Gasteiger partial charge in [0.25, 0.3) is 0 Å². The van der Waals surface area contributed by atoms with E-state index in [9.17, 15) is 9.59 Å². The fraction of sp³-hybridized carbons (Fsp3) is 0.200. The number of ether oxygens (including phenoxy) is 2. The lowest BCUT2D eigenvalue weighted by Crippen LogP contribution is -2.24. The molecule has 0 aliphatic carbocycles. The summed E-state index contributed by atoms with van der Waals surface area (Å²) in [6, 6.07) is 4.93. The molecule has 0 saturated carbocycles. The molecule has 21 heavy (non-hydrogen) atoms. The number of carboxylic acid groups (broad SMARTS) is 1. The van der Waals surface area contributed by atoms with Crippen molar-refractivity contribution in [3.63, 3.8) is 0 Å². The first-order valence-corrected chi connectivity index (χ1v) is 6.12. The van der Waals surface area contributed by atoms with Crippen molar-refractivity contribution in [2.75, 3.05) is 13.7 Å². The highest BCUT2D eigenvalue weighted by molar-refractivity contribution is 5.96. The van der Waals surface area contributed by atoms with Crippen molar-refractivity contribution in [3.8, 4) is 11.5 Å². The average Bonchev–Trinajstić information content (AvgIpc) is 2.44. The first kappa shape index (κ1) is 16.3. The van der Waals surface area contributed by atoms with Gasteiger partial charge in [0, 0.05) is 6.92 Å². The number of amides is 1. The summed E-state index contributed by atoms with van der Waals surface area (Å²) in [6.45, 7) is 5.09. The number of rotatable bonds is 7. The Kier molecular flexibility index (Phi) is 6.00. The van der Waals surface area contributed by atoms with Gasteiger partial charge >= 0.3 is 5.97 Å². The van der Waals surface area contributed by atoms with Crippen LogP contribution in [0.15, 0.2) is 36.6 Å². The maximum absolute atomic E-state index is 11.1. The minimum absolute atomic E-state index is 0.220. The van der Waals surface area contributed by atoms with E-state index in [0.717, 1.165) is 0 Å². The summed E-state index contributed by atoms with van der Waals surface area (Å²) >= 11 is 0. The molecule has 1 aromatic carbocycles. The Morgan fingerprint density at radius 3 is 2.62 bits per heavy atom. The van der Waals surface area contributed by atoms with Crippen molar-refractivity contribution in [1.29, 1.82) is 0 Å². The number of methoxy groups -OCH3 is 1. The van der Waals surface area contributed by atoms with Crippen molar-refractivity contribution in [3.05, 3.63) is 42.1 Å². The quantitative estimate of drug-likeness (QED) is 0.591. The maximum Gasteiger partial charge on any atom is 0.352 e. The first-order chi connectivity index (χ1) is 9.97. The van der Waals surface area contributed by atoms with E-state index >= 15 is 0 Å². The maximum atomic E-state index is 11.1. The molecule has 0 saturated heterocycles. The molecule has 0 radical (unpaired) electrons. The van der Waals surface area contributed by atoms with Crippen LogP contribution in [-0.2, 0) is 9.59 Å². The third-order valence-electron chi connectivity index (χ3n) is 2.40. The number of carbonyl (C=O) groups excluding carboxylic acids is 1. The SMILES string of the molecule is C=CCOc1cc(C=C(NC(C)=O)C(=O)O)ccc1OC. The molecule has 6 heteroatoms. The second kappa shape index (κ2) is 7.74. The molecule has 1 rings (SSSR count). The van der Waals surface area contributed by atoms with Crippen molar-refractivity contribution >= 4 is 18.0 Å². The van der Waals surface area contributed by atoms with Gasteiger partial charge in [0.1, 0.15) is 12.3 Å². The van der Waals surface area contributed by atoms with Gasteiger partial charge in [0.15, 0.2) is 11.5 Å². The van der Waals surface area contributed by atoms with Crippen molar-refractivity contribution in [1.82, 2.24) is 5.32 Å². The van der Waals surface area contributed by atoms with E-state index in [2.05, 4.69) is 11.9 Å². The zero-order valence-electron chi connectivity index (χ0n) is 11.9. The molecule has 0 fully saturated rings. The molecule has 0 aliphatic heterocycles. The summed E-state index contributed by atoms with van der Waals surface area (Å²) in [6.07, 6.45) is 2.92. The van der Waals surface area contributed by atoms with Gasteiger partial charge in [-0.05, 0) is 23.8 Å². The minimum atomic E-state index is -1.23. The van der Waals surface area contributed by atoms with Crippen molar-refractivity contribution < 1.29 is 24.2 Å². The average molecular weight is 291 g/mol. The van der Waals surface area contributed by atoms with Crippen LogP contribution in [-0.4, -0.2) is 30.7 Å². The Balaban J connectivity index is 3.13. The van der Waals surface area contributed by atoms with E-state index in [0.29, 0.717) is 23.7 Å². The van der Waals surface area contributed by atoms with Gasteiger partial charge in [-0.1, -0.05) is 18.7 Å². The lowest BCUT2D eigenvalue weighted by molar-refractivity contribution is -0.134. The van der Waals surface area contributed by atoms with Gasteiger partial charge in [-0.2, -0.15) is 0 Å². The molecule has 1 aromatic rings. The second-order valence-corrected chi connectivity index (χ2v) is 4.05. The first-order valence-electron chi connectivity index (χ1n) is 6.12. The summed E-state index contributed by atoms with van der Waals surface area (Å²) < 4.78 is 10.6. The van der Waals surface area contributed by atoms with Crippen LogP contribution in [0, 0.1) is 0 Å². The van der Waals surface area contributed by atoms with Crippen LogP contribution in [0.4, 0.5) is 0 Å². The molecule has 0 heterocycles. The monoisotopic (exact) mass is 291 g/mol. The van der Waals surface area contributed by atoms with Crippen LogP contribution >= 0.6 is 0 Å². The summed E-state index contributed by atoms with van der Waals surface area (Å²) in [7, 11) is 1.51. The number of carboxylic acids is 1. The molecule has 0 bridgehead atoms. The van der Waals surface area contributed by atoms with E-state index in [1.807, 2.05) is 0 Å². The van der Waals surface area contributed by atoms with Crippen LogP contribution in [0.1, 0.15) is 12.5 Å². The number of hydrogen-bond acceptors (Lipinski definition) is 4. The number of hydrogen-bond donors (Lipinski definition) is 2. The third-order valence-corrected chi connectivity index (χ3v) is 2.40. The lowest BCUT2D eigenvalue weighted by atomic mass is 10.1. The van der Waals surface area contributed by atoms with E-state index in [1.165, 1.54) is 20.1 Å². The molecule has 1 amide bonds. The number of carbonyl (C=O) groups is 2. The van der Waals surface area contributed by atoms with E-state index in [4.69, 9.17) is 14.6 Å². The Bertz CT molecular complexity index is 577. The van der Waals surface area contributed by atoms with Crippen LogP contribution in [0.5, 0.6) is 11.5 Å². The predicted molar refractivity (Wildman–Crippen MR) is 78.1 cm³/mol. The summed E-state index contributed by atoms with van der Waals surface area (Å²) in [5, 5.41) is 11.3. The van der Waals surface area contributed by atoms with E-state index < -0.39 is 11.9 Å². The summed E-state index contributed by atoms with van der Waals surface area (Å²) in [5.74, 6) is -0.709.